The minimum Gasteiger partial charge on any atom is -0.490 e. The number of hydrogen-bond acceptors (Lipinski definition) is 7. The summed E-state index contributed by atoms with van der Waals surface area (Å²) in [5, 5.41) is 19.1. The molecule has 0 aromatic heterocycles. The summed E-state index contributed by atoms with van der Waals surface area (Å²) in [6.45, 7) is 2.34. The highest BCUT2D eigenvalue weighted by molar-refractivity contribution is 8.18. The lowest BCUT2D eigenvalue weighted by Gasteiger charge is -2.15. The standard InChI is InChI=1S/C28H22ClN3O5S/c1-3-36-23-13-17(12-22(29)25(23)37-16-20-7-5-4-6-19(20)15-30)14-24-26(33)32(2)28(38-24)31-21-10-8-18(9-11-21)27(34)35/h4-14H,3,16H2,1-2H3,(H,34,35). The lowest BCUT2D eigenvalue weighted by atomic mass is 10.1. The first-order chi connectivity index (χ1) is 18.3. The minimum absolute atomic E-state index is 0.135. The van der Waals surface area contributed by atoms with E-state index in [1.807, 2.05) is 19.1 Å². The van der Waals surface area contributed by atoms with Gasteiger partial charge in [-0.1, -0.05) is 29.8 Å². The van der Waals surface area contributed by atoms with Crippen LogP contribution >= 0.6 is 23.4 Å². The van der Waals surface area contributed by atoms with Crippen LogP contribution in [0.15, 0.2) is 70.6 Å². The Kier molecular flexibility index (Phi) is 8.36. The number of rotatable bonds is 8. The predicted octanol–water partition coefficient (Wildman–Crippen LogP) is 6.12. The van der Waals surface area contributed by atoms with Crippen LogP contribution in [-0.2, 0) is 11.4 Å². The number of amidine groups is 1. The number of carbonyl (C=O) groups excluding carboxylic acids is 1. The zero-order valence-corrected chi connectivity index (χ0v) is 22.0. The molecule has 192 valence electrons. The summed E-state index contributed by atoms with van der Waals surface area (Å²) < 4.78 is 11.7. The summed E-state index contributed by atoms with van der Waals surface area (Å²) in [6.07, 6.45) is 1.70. The van der Waals surface area contributed by atoms with Gasteiger partial charge < -0.3 is 14.6 Å². The molecular weight excluding hydrogens is 526 g/mol. The number of carboxylic acid groups (broad SMARTS) is 1. The van der Waals surface area contributed by atoms with Crippen molar-refractivity contribution in [1.82, 2.24) is 4.90 Å². The molecule has 1 saturated heterocycles. The topological polar surface area (TPSA) is 112 Å². The number of carbonyl (C=O) groups is 2. The first-order valence-corrected chi connectivity index (χ1v) is 12.7. The van der Waals surface area contributed by atoms with Crippen LogP contribution in [0.5, 0.6) is 11.5 Å². The number of aliphatic imine (C=N–C) groups is 1. The number of benzene rings is 3. The maximum absolute atomic E-state index is 12.9. The van der Waals surface area contributed by atoms with Crippen LogP contribution in [0.1, 0.15) is 34.0 Å². The Morgan fingerprint density at radius 1 is 1.18 bits per heavy atom. The molecular formula is C28H22ClN3O5S. The number of hydrogen-bond donors (Lipinski definition) is 1. The smallest absolute Gasteiger partial charge is 0.335 e. The Balaban J connectivity index is 1.58. The highest BCUT2D eigenvalue weighted by Crippen LogP contribution is 2.40. The number of likely N-dealkylation sites (N-methyl/N-ethyl adjacent to an activating group) is 1. The molecule has 0 aliphatic carbocycles. The third kappa shape index (κ3) is 5.99. The van der Waals surface area contributed by atoms with Crippen molar-refractivity contribution < 1.29 is 24.2 Å². The largest absolute Gasteiger partial charge is 0.490 e. The van der Waals surface area contributed by atoms with Gasteiger partial charge in [0, 0.05) is 12.6 Å². The van der Waals surface area contributed by atoms with Gasteiger partial charge in [-0.3, -0.25) is 9.69 Å². The van der Waals surface area contributed by atoms with E-state index in [1.54, 1.807) is 49.5 Å². The van der Waals surface area contributed by atoms with Gasteiger partial charge in [-0.25, -0.2) is 9.79 Å². The molecule has 0 atom stereocenters. The molecule has 3 aromatic rings. The average molecular weight is 548 g/mol. The quantitative estimate of drug-likeness (QED) is 0.338. The fourth-order valence-electron chi connectivity index (χ4n) is 3.57. The van der Waals surface area contributed by atoms with E-state index in [-0.39, 0.29) is 18.1 Å². The van der Waals surface area contributed by atoms with Crippen LogP contribution < -0.4 is 9.47 Å². The SMILES string of the molecule is CCOc1cc(C=C2SC(=Nc3ccc(C(=O)O)cc3)N(C)C2=O)cc(Cl)c1OCc1ccccc1C#N. The summed E-state index contributed by atoms with van der Waals surface area (Å²) in [6, 6.07) is 18.8. The summed E-state index contributed by atoms with van der Waals surface area (Å²) >= 11 is 7.76. The average Bonchev–Trinajstić information content (AvgIpc) is 3.16. The summed E-state index contributed by atoms with van der Waals surface area (Å²) in [5.41, 5.74) is 2.56. The van der Waals surface area contributed by atoms with Gasteiger partial charge in [0.05, 0.1) is 39.4 Å². The van der Waals surface area contributed by atoms with Gasteiger partial charge in [-0.2, -0.15) is 5.26 Å². The molecule has 0 radical (unpaired) electrons. The molecule has 38 heavy (non-hydrogen) atoms. The molecule has 0 unspecified atom stereocenters. The number of nitrogens with zero attached hydrogens (tertiary/aromatic N) is 3. The molecule has 8 nitrogen and oxygen atoms in total. The minimum atomic E-state index is -1.02. The fraction of sp³-hybridized carbons (Fsp3) is 0.143. The number of ether oxygens (including phenoxy) is 2. The maximum atomic E-state index is 12.9. The van der Waals surface area contributed by atoms with Crippen molar-refractivity contribution in [2.24, 2.45) is 4.99 Å². The van der Waals surface area contributed by atoms with Crippen LogP contribution in [0.25, 0.3) is 6.08 Å². The lowest BCUT2D eigenvalue weighted by molar-refractivity contribution is -0.121. The maximum Gasteiger partial charge on any atom is 0.335 e. The van der Waals surface area contributed by atoms with Crippen LogP contribution in [0.4, 0.5) is 5.69 Å². The van der Waals surface area contributed by atoms with Crippen molar-refractivity contribution in [3.63, 3.8) is 0 Å². The number of aromatic carboxylic acids is 1. The third-order valence-corrected chi connectivity index (χ3v) is 6.82. The predicted molar refractivity (Wildman–Crippen MR) is 147 cm³/mol. The number of carboxylic acids is 1. The van der Waals surface area contributed by atoms with Crippen LogP contribution in [0, 0.1) is 11.3 Å². The van der Waals surface area contributed by atoms with Gasteiger partial charge in [0.25, 0.3) is 5.91 Å². The summed E-state index contributed by atoms with van der Waals surface area (Å²) in [5.74, 6) is -0.501. The van der Waals surface area contributed by atoms with Crippen LogP contribution in [0.2, 0.25) is 5.02 Å². The highest BCUT2D eigenvalue weighted by atomic mass is 35.5. The van der Waals surface area contributed by atoms with Gasteiger partial charge in [-0.15, -0.1) is 0 Å². The van der Waals surface area contributed by atoms with Gasteiger partial charge in [0.1, 0.15) is 6.61 Å². The molecule has 10 heteroatoms. The van der Waals surface area contributed by atoms with Crippen LogP contribution in [-0.4, -0.2) is 40.7 Å². The third-order valence-electron chi connectivity index (χ3n) is 5.48. The van der Waals surface area contributed by atoms with E-state index in [0.29, 0.717) is 50.0 Å². The van der Waals surface area contributed by atoms with Crippen molar-refractivity contribution in [3.05, 3.63) is 92.8 Å². The van der Waals surface area contributed by atoms with E-state index in [4.69, 9.17) is 26.2 Å². The van der Waals surface area contributed by atoms with Gasteiger partial charge in [-0.05, 0) is 72.8 Å². The molecule has 1 amide bonds. The Morgan fingerprint density at radius 3 is 2.61 bits per heavy atom. The first-order valence-electron chi connectivity index (χ1n) is 11.5. The second-order valence-corrected chi connectivity index (χ2v) is 9.46. The molecule has 1 aliphatic rings. The molecule has 4 rings (SSSR count). The first kappa shape index (κ1) is 26.8. The van der Waals surface area contributed by atoms with Crippen molar-refractivity contribution in [2.45, 2.75) is 13.5 Å². The molecule has 1 aliphatic heterocycles. The normalized spacial score (nSPS) is 15.1. The molecule has 1 heterocycles. The Hall–Kier alpha value is -4.26. The second-order valence-electron chi connectivity index (χ2n) is 8.04. The molecule has 0 spiro atoms. The zero-order valence-electron chi connectivity index (χ0n) is 20.5. The van der Waals surface area contributed by atoms with Crippen molar-refractivity contribution >= 4 is 52.2 Å². The van der Waals surface area contributed by atoms with E-state index in [9.17, 15) is 14.9 Å². The molecule has 0 saturated carbocycles. The summed E-state index contributed by atoms with van der Waals surface area (Å²) in [4.78, 5) is 30.3. The van der Waals surface area contributed by atoms with Gasteiger partial charge in [0.15, 0.2) is 16.7 Å². The molecule has 3 aromatic carbocycles. The van der Waals surface area contributed by atoms with Crippen LogP contribution in [0.3, 0.4) is 0 Å². The number of thioether (sulfide) groups is 1. The monoisotopic (exact) mass is 547 g/mol. The number of nitriles is 1. The van der Waals surface area contributed by atoms with Gasteiger partial charge >= 0.3 is 5.97 Å². The lowest BCUT2D eigenvalue weighted by Crippen LogP contribution is -2.23. The fourth-order valence-corrected chi connectivity index (χ4v) is 4.83. The second kappa shape index (κ2) is 11.9. The van der Waals surface area contributed by atoms with Crippen molar-refractivity contribution in [1.29, 1.82) is 5.26 Å². The van der Waals surface area contributed by atoms with E-state index in [2.05, 4.69) is 11.1 Å². The Morgan fingerprint density at radius 2 is 1.92 bits per heavy atom. The zero-order chi connectivity index (χ0) is 27.2. The van der Waals surface area contributed by atoms with Crippen molar-refractivity contribution in [2.75, 3.05) is 13.7 Å². The summed E-state index contributed by atoms with van der Waals surface area (Å²) in [7, 11) is 1.62. The Labute approximate surface area is 228 Å². The number of halogens is 1. The van der Waals surface area contributed by atoms with Crippen molar-refractivity contribution in [3.8, 4) is 17.6 Å². The molecule has 1 N–H and O–H groups in total. The molecule has 0 bridgehead atoms. The Bertz CT molecular complexity index is 1500. The van der Waals surface area contributed by atoms with E-state index in [1.165, 1.54) is 28.8 Å². The van der Waals surface area contributed by atoms with Gasteiger partial charge in [0.2, 0.25) is 0 Å². The van der Waals surface area contributed by atoms with E-state index in [0.717, 1.165) is 5.56 Å². The molecule has 1 fully saturated rings. The highest BCUT2D eigenvalue weighted by Gasteiger charge is 2.30. The van der Waals surface area contributed by atoms with E-state index < -0.39 is 5.97 Å². The number of amides is 1. The van der Waals surface area contributed by atoms with E-state index >= 15 is 0 Å².